The minimum absolute atomic E-state index is 0.0756. The molecule has 2 aromatic rings. The summed E-state index contributed by atoms with van der Waals surface area (Å²) in [5.74, 6) is 1.04. The van der Waals surface area contributed by atoms with Crippen LogP contribution >= 0.6 is 11.3 Å². The van der Waals surface area contributed by atoms with Crippen molar-refractivity contribution in [3.63, 3.8) is 0 Å². The fourth-order valence-corrected chi connectivity index (χ4v) is 3.70. The first-order valence-electron chi connectivity index (χ1n) is 7.77. The maximum absolute atomic E-state index is 12.6. The fourth-order valence-electron chi connectivity index (χ4n) is 3.02. The molecule has 2 amide bonds. The van der Waals surface area contributed by atoms with Gasteiger partial charge in [0, 0.05) is 18.3 Å². The molecule has 0 aliphatic carbocycles. The Hall–Kier alpha value is -2.54. The zero-order valence-corrected chi connectivity index (χ0v) is 13.7. The number of rotatable bonds is 3. The number of fused-ring (bicyclic) bond motifs is 1. The second-order valence-corrected chi connectivity index (χ2v) is 6.64. The van der Waals surface area contributed by atoms with Crippen LogP contribution < -0.4 is 14.8 Å². The number of nitrogens with one attached hydrogen (secondary N) is 1. The standard InChI is InChI=1S/C17H16N2O4S/c20-16(18-11-5-6-13-14(9-11)23-10-22-13)12-3-1-7-19(12)17(21)15-4-2-8-24-15/h2,4-6,8-9,12H,1,3,7,10H2,(H,18,20). The van der Waals surface area contributed by atoms with Crippen molar-refractivity contribution in [1.29, 1.82) is 0 Å². The number of ether oxygens (including phenoxy) is 2. The zero-order chi connectivity index (χ0) is 16.5. The summed E-state index contributed by atoms with van der Waals surface area (Å²) < 4.78 is 10.6. The Balaban J connectivity index is 1.48. The minimum Gasteiger partial charge on any atom is -0.454 e. The summed E-state index contributed by atoms with van der Waals surface area (Å²) >= 11 is 1.40. The van der Waals surface area contributed by atoms with Crippen LogP contribution in [0.25, 0.3) is 0 Å². The van der Waals surface area contributed by atoms with Crippen molar-refractivity contribution in [3.8, 4) is 11.5 Å². The van der Waals surface area contributed by atoms with Crippen molar-refractivity contribution in [3.05, 3.63) is 40.6 Å². The van der Waals surface area contributed by atoms with Crippen molar-refractivity contribution in [2.24, 2.45) is 0 Å². The molecule has 1 atom stereocenters. The van der Waals surface area contributed by atoms with Crippen molar-refractivity contribution in [2.75, 3.05) is 18.7 Å². The van der Waals surface area contributed by atoms with Gasteiger partial charge in [0.05, 0.1) is 4.88 Å². The number of carbonyl (C=O) groups is 2. The first-order valence-corrected chi connectivity index (χ1v) is 8.65. The van der Waals surface area contributed by atoms with Gasteiger partial charge in [0.15, 0.2) is 11.5 Å². The Bertz CT molecular complexity index is 775. The highest BCUT2D eigenvalue weighted by Crippen LogP contribution is 2.34. The molecule has 0 radical (unpaired) electrons. The van der Waals surface area contributed by atoms with Gasteiger partial charge in [0.1, 0.15) is 6.04 Å². The number of thiophene rings is 1. The molecule has 3 heterocycles. The smallest absolute Gasteiger partial charge is 0.264 e. The number of benzene rings is 1. The van der Waals surface area contributed by atoms with Gasteiger partial charge < -0.3 is 19.7 Å². The van der Waals surface area contributed by atoms with E-state index in [4.69, 9.17) is 9.47 Å². The topological polar surface area (TPSA) is 67.9 Å². The minimum atomic E-state index is -0.440. The van der Waals surface area contributed by atoms with E-state index in [9.17, 15) is 9.59 Å². The maximum Gasteiger partial charge on any atom is 0.264 e. The normalized spacial score (nSPS) is 18.7. The first-order chi connectivity index (χ1) is 11.7. The van der Waals surface area contributed by atoms with E-state index in [-0.39, 0.29) is 18.6 Å². The van der Waals surface area contributed by atoms with Gasteiger partial charge in [-0.05, 0) is 36.4 Å². The van der Waals surface area contributed by atoms with Gasteiger partial charge in [-0.25, -0.2) is 0 Å². The average molecular weight is 344 g/mol. The lowest BCUT2D eigenvalue weighted by molar-refractivity contribution is -0.119. The lowest BCUT2D eigenvalue weighted by Crippen LogP contribution is -2.42. The molecule has 0 saturated carbocycles. The Morgan fingerprint density at radius 2 is 2.08 bits per heavy atom. The molecule has 1 saturated heterocycles. The molecule has 6 nitrogen and oxygen atoms in total. The zero-order valence-electron chi connectivity index (χ0n) is 12.9. The summed E-state index contributed by atoms with van der Waals surface area (Å²) in [5, 5.41) is 4.74. The molecule has 1 unspecified atom stereocenters. The number of hydrogen-bond donors (Lipinski definition) is 1. The van der Waals surface area contributed by atoms with E-state index in [1.54, 1.807) is 29.2 Å². The van der Waals surface area contributed by atoms with E-state index in [1.807, 2.05) is 11.4 Å². The summed E-state index contributed by atoms with van der Waals surface area (Å²) in [4.78, 5) is 27.5. The van der Waals surface area contributed by atoms with Crippen molar-refractivity contribution < 1.29 is 19.1 Å². The molecular weight excluding hydrogens is 328 g/mol. The average Bonchev–Trinajstić information content (AvgIpc) is 3.33. The maximum atomic E-state index is 12.6. The third-order valence-electron chi connectivity index (χ3n) is 4.19. The molecule has 1 aromatic heterocycles. The number of anilines is 1. The van der Waals surface area contributed by atoms with Crippen LogP contribution in [0.1, 0.15) is 22.5 Å². The van der Waals surface area contributed by atoms with E-state index >= 15 is 0 Å². The van der Waals surface area contributed by atoms with Crippen LogP contribution in [-0.4, -0.2) is 36.1 Å². The second kappa shape index (κ2) is 6.16. The van der Waals surface area contributed by atoms with Gasteiger partial charge in [-0.2, -0.15) is 0 Å². The second-order valence-electron chi connectivity index (χ2n) is 5.69. The SMILES string of the molecule is O=C(Nc1ccc2c(c1)OCO2)C1CCCN1C(=O)c1cccs1. The molecule has 1 aromatic carbocycles. The summed E-state index contributed by atoms with van der Waals surface area (Å²) in [6, 6.07) is 8.46. The monoisotopic (exact) mass is 344 g/mol. The quantitative estimate of drug-likeness (QED) is 0.930. The third kappa shape index (κ3) is 2.71. The summed E-state index contributed by atoms with van der Waals surface area (Å²) in [7, 11) is 0. The predicted molar refractivity (Wildman–Crippen MR) is 89.6 cm³/mol. The van der Waals surface area contributed by atoms with E-state index in [0.29, 0.717) is 35.0 Å². The van der Waals surface area contributed by atoms with E-state index in [1.165, 1.54) is 11.3 Å². The number of hydrogen-bond acceptors (Lipinski definition) is 5. The first kappa shape index (κ1) is 15.0. The van der Waals surface area contributed by atoms with Gasteiger partial charge in [0.2, 0.25) is 12.7 Å². The van der Waals surface area contributed by atoms with E-state index in [2.05, 4.69) is 5.32 Å². The highest BCUT2D eigenvalue weighted by Gasteiger charge is 2.35. The van der Waals surface area contributed by atoms with Crippen LogP contribution in [0.5, 0.6) is 11.5 Å². The molecular formula is C17H16N2O4S. The largest absolute Gasteiger partial charge is 0.454 e. The van der Waals surface area contributed by atoms with Gasteiger partial charge in [-0.1, -0.05) is 6.07 Å². The molecule has 2 aliphatic rings. The molecule has 1 fully saturated rings. The lowest BCUT2D eigenvalue weighted by atomic mass is 10.2. The van der Waals surface area contributed by atoms with Crippen LogP contribution in [0.2, 0.25) is 0 Å². The highest BCUT2D eigenvalue weighted by molar-refractivity contribution is 7.12. The molecule has 7 heteroatoms. The van der Waals surface area contributed by atoms with Crippen LogP contribution in [0.15, 0.2) is 35.7 Å². The predicted octanol–water partition coefficient (Wildman–Crippen LogP) is 2.72. The molecule has 24 heavy (non-hydrogen) atoms. The third-order valence-corrected chi connectivity index (χ3v) is 5.05. The van der Waals surface area contributed by atoms with Crippen molar-refractivity contribution in [1.82, 2.24) is 4.90 Å². The van der Waals surface area contributed by atoms with Crippen LogP contribution in [0.3, 0.4) is 0 Å². The molecule has 2 aliphatic heterocycles. The van der Waals surface area contributed by atoms with Gasteiger partial charge in [-0.3, -0.25) is 9.59 Å². The molecule has 0 bridgehead atoms. The number of amides is 2. The van der Waals surface area contributed by atoms with Gasteiger partial charge in [0.25, 0.3) is 5.91 Å². The number of likely N-dealkylation sites (tertiary alicyclic amines) is 1. The molecule has 1 N–H and O–H groups in total. The molecule has 0 spiro atoms. The summed E-state index contributed by atoms with van der Waals surface area (Å²) in [6.45, 7) is 0.800. The van der Waals surface area contributed by atoms with Gasteiger partial charge in [-0.15, -0.1) is 11.3 Å². The van der Waals surface area contributed by atoms with Crippen molar-refractivity contribution >= 4 is 28.8 Å². The number of carbonyl (C=O) groups excluding carboxylic acids is 2. The van der Waals surface area contributed by atoms with E-state index in [0.717, 1.165) is 6.42 Å². The highest BCUT2D eigenvalue weighted by atomic mass is 32.1. The lowest BCUT2D eigenvalue weighted by Gasteiger charge is -2.23. The summed E-state index contributed by atoms with van der Waals surface area (Å²) in [5.41, 5.74) is 0.639. The number of nitrogens with zero attached hydrogens (tertiary/aromatic N) is 1. The summed E-state index contributed by atoms with van der Waals surface area (Å²) in [6.07, 6.45) is 1.50. The Morgan fingerprint density at radius 3 is 2.92 bits per heavy atom. The van der Waals surface area contributed by atoms with Crippen molar-refractivity contribution in [2.45, 2.75) is 18.9 Å². The van der Waals surface area contributed by atoms with Crippen LogP contribution in [0.4, 0.5) is 5.69 Å². The fraction of sp³-hybridized carbons (Fsp3) is 0.294. The van der Waals surface area contributed by atoms with Crippen LogP contribution in [0, 0.1) is 0 Å². The van der Waals surface area contributed by atoms with Crippen LogP contribution in [-0.2, 0) is 4.79 Å². The van der Waals surface area contributed by atoms with E-state index < -0.39 is 6.04 Å². The Labute approximate surface area is 143 Å². The Morgan fingerprint density at radius 1 is 1.21 bits per heavy atom. The Kier molecular flexibility index (Phi) is 3.86. The molecule has 124 valence electrons. The molecule has 4 rings (SSSR count). The van der Waals surface area contributed by atoms with Gasteiger partial charge >= 0.3 is 0 Å².